The maximum atomic E-state index is 6.12. The summed E-state index contributed by atoms with van der Waals surface area (Å²) in [6.07, 6.45) is 6.53. The zero-order valence-corrected chi connectivity index (χ0v) is 11.5. The Balaban J connectivity index is 2.13. The summed E-state index contributed by atoms with van der Waals surface area (Å²) in [5, 5.41) is 6.72. The fraction of sp³-hybridized carbons (Fsp3) is 0.692. The second-order valence-corrected chi connectivity index (χ2v) is 5.99. The number of nitrogen functional groups attached to an aromatic ring is 1. The first kappa shape index (κ1) is 12.9. The predicted molar refractivity (Wildman–Crippen MR) is 75.7 cm³/mol. The van der Waals surface area contributed by atoms with E-state index in [0.29, 0.717) is 17.5 Å². The maximum absolute atomic E-state index is 6.12. The van der Waals surface area contributed by atoms with Gasteiger partial charge in [-0.05, 0) is 33.6 Å². The minimum absolute atomic E-state index is 0.0624. The molecule has 1 saturated carbocycles. The summed E-state index contributed by atoms with van der Waals surface area (Å²) in [6, 6.07) is 0.504. The Kier molecular flexibility index (Phi) is 3.59. The number of anilines is 3. The van der Waals surface area contributed by atoms with Crippen molar-refractivity contribution in [2.24, 2.45) is 0 Å². The van der Waals surface area contributed by atoms with Gasteiger partial charge in [0.05, 0.1) is 0 Å². The standard InChI is InChI=1S/C13H23N5/c1-13(2,3)18-12-10(14)11(15-8-16-12)17-9-6-4-5-7-9/h8-9H,4-7,14H2,1-3H3,(H2,15,16,17,18). The van der Waals surface area contributed by atoms with Gasteiger partial charge in [-0.15, -0.1) is 0 Å². The third-order valence-electron chi connectivity index (χ3n) is 3.07. The second-order valence-electron chi connectivity index (χ2n) is 5.99. The molecule has 1 aliphatic carbocycles. The van der Waals surface area contributed by atoms with Gasteiger partial charge in [0.1, 0.15) is 12.0 Å². The fourth-order valence-corrected chi connectivity index (χ4v) is 2.23. The highest BCUT2D eigenvalue weighted by Gasteiger charge is 2.19. The van der Waals surface area contributed by atoms with Gasteiger partial charge in [-0.25, -0.2) is 9.97 Å². The highest BCUT2D eigenvalue weighted by molar-refractivity contribution is 5.74. The average Bonchev–Trinajstić information content (AvgIpc) is 2.75. The van der Waals surface area contributed by atoms with E-state index in [9.17, 15) is 0 Å². The van der Waals surface area contributed by atoms with Crippen molar-refractivity contribution in [2.75, 3.05) is 16.4 Å². The van der Waals surface area contributed by atoms with E-state index in [1.807, 2.05) is 0 Å². The van der Waals surface area contributed by atoms with Crippen LogP contribution in [0.1, 0.15) is 46.5 Å². The molecule has 0 spiro atoms. The van der Waals surface area contributed by atoms with Crippen LogP contribution in [-0.2, 0) is 0 Å². The predicted octanol–water partition coefficient (Wildman–Crippen LogP) is 2.62. The van der Waals surface area contributed by atoms with Crippen molar-refractivity contribution < 1.29 is 0 Å². The molecule has 0 aromatic carbocycles. The Morgan fingerprint density at radius 1 is 1.17 bits per heavy atom. The molecule has 1 aromatic heterocycles. The van der Waals surface area contributed by atoms with Crippen LogP contribution in [0.5, 0.6) is 0 Å². The number of hydrogen-bond acceptors (Lipinski definition) is 5. The summed E-state index contributed by atoms with van der Waals surface area (Å²) in [5.74, 6) is 1.46. The molecule has 5 nitrogen and oxygen atoms in total. The topological polar surface area (TPSA) is 75.9 Å². The Morgan fingerprint density at radius 2 is 1.78 bits per heavy atom. The fourth-order valence-electron chi connectivity index (χ4n) is 2.23. The van der Waals surface area contributed by atoms with Crippen molar-refractivity contribution in [3.63, 3.8) is 0 Å². The lowest BCUT2D eigenvalue weighted by Gasteiger charge is -2.23. The Hall–Kier alpha value is -1.52. The zero-order valence-electron chi connectivity index (χ0n) is 11.5. The van der Waals surface area contributed by atoms with E-state index in [2.05, 4.69) is 41.4 Å². The van der Waals surface area contributed by atoms with Gasteiger partial charge < -0.3 is 16.4 Å². The van der Waals surface area contributed by atoms with Gasteiger partial charge in [0.15, 0.2) is 11.6 Å². The van der Waals surface area contributed by atoms with E-state index >= 15 is 0 Å². The molecule has 5 heteroatoms. The van der Waals surface area contributed by atoms with E-state index in [0.717, 1.165) is 5.82 Å². The number of nitrogens with one attached hydrogen (secondary N) is 2. The molecule has 4 N–H and O–H groups in total. The van der Waals surface area contributed by atoms with Crippen LogP contribution in [0.4, 0.5) is 17.3 Å². The van der Waals surface area contributed by atoms with Crippen molar-refractivity contribution in [3.8, 4) is 0 Å². The molecular formula is C13H23N5. The summed E-state index contributed by atoms with van der Waals surface area (Å²) in [5.41, 5.74) is 6.67. The quantitative estimate of drug-likeness (QED) is 0.767. The Morgan fingerprint density at radius 3 is 2.39 bits per heavy atom. The lowest BCUT2D eigenvalue weighted by Crippen LogP contribution is -2.28. The molecule has 0 unspecified atom stereocenters. The molecule has 100 valence electrons. The number of nitrogens with two attached hydrogens (primary N) is 1. The van der Waals surface area contributed by atoms with Crippen molar-refractivity contribution in [1.29, 1.82) is 0 Å². The highest BCUT2D eigenvalue weighted by Crippen LogP contribution is 2.28. The average molecular weight is 249 g/mol. The number of nitrogens with zero attached hydrogens (tertiary/aromatic N) is 2. The van der Waals surface area contributed by atoms with Gasteiger partial charge in [0, 0.05) is 11.6 Å². The Bertz CT molecular complexity index is 404. The molecule has 18 heavy (non-hydrogen) atoms. The first-order chi connectivity index (χ1) is 8.46. The third kappa shape index (κ3) is 3.24. The molecular weight excluding hydrogens is 226 g/mol. The molecule has 1 heterocycles. The van der Waals surface area contributed by atoms with Gasteiger partial charge in [-0.3, -0.25) is 0 Å². The molecule has 2 rings (SSSR count). The van der Waals surface area contributed by atoms with E-state index < -0.39 is 0 Å². The molecule has 0 radical (unpaired) electrons. The second kappa shape index (κ2) is 5.00. The lowest BCUT2D eigenvalue weighted by atomic mass is 10.1. The van der Waals surface area contributed by atoms with E-state index in [4.69, 9.17) is 5.73 Å². The van der Waals surface area contributed by atoms with Crippen LogP contribution < -0.4 is 16.4 Å². The molecule has 1 aliphatic rings. The highest BCUT2D eigenvalue weighted by atomic mass is 15.1. The van der Waals surface area contributed by atoms with Crippen molar-refractivity contribution >= 4 is 17.3 Å². The largest absolute Gasteiger partial charge is 0.393 e. The smallest absolute Gasteiger partial charge is 0.155 e. The molecule has 0 bridgehead atoms. The van der Waals surface area contributed by atoms with Crippen LogP contribution in [-0.4, -0.2) is 21.5 Å². The molecule has 0 atom stereocenters. The van der Waals surface area contributed by atoms with Gasteiger partial charge >= 0.3 is 0 Å². The van der Waals surface area contributed by atoms with Gasteiger partial charge in [0.2, 0.25) is 0 Å². The van der Waals surface area contributed by atoms with Crippen LogP contribution >= 0.6 is 0 Å². The minimum atomic E-state index is -0.0624. The molecule has 0 aliphatic heterocycles. The summed E-state index contributed by atoms with van der Waals surface area (Å²) < 4.78 is 0. The molecule has 0 saturated heterocycles. The number of aromatic nitrogens is 2. The van der Waals surface area contributed by atoms with Crippen LogP contribution in [0.15, 0.2) is 6.33 Å². The van der Waals surface area contributed by atoms with Crippen molar-refractivity contribution in [3.05, 3.63) is 6.33 Å². The summed E-state index contributed by atoms with van der Waals surface area (Å²) in [6.45, 7) is 6.25. The third-order valence-corrected chi connectivity index (χ3v) is 3.07. The molecule has 1 aromatic rings. The maximum Gasteiger partial charge on any atom is 0.155 e. The van der Waals surface area contributed by atoms with E-state index in [1.54, 1.807) is 6.33 Å². The summed E-state index contributed by atoms with van der Waals surface area (Å²) in [7, 11) is 0. The zero-order chi connectivity index (χ0) is 13.2. The van der Waals surface area contributed by atoms with Gasteiger partial charge in [0.25, 0.3) is 0 Å². The molecule has 0 amide bonds. The van der Waals surface area contributed by atoms with Gasteiger partial charge in [-0.2, -0.15) is 0 Å². The first-order valence-corrected chi connectivity index (χ1v) is 6.61. The van der Waals surface area contributed by atoms with Crippen molar-refractivity contribution in [2.45, 2.75) is 58.0 Å². The normalized spacial score (nSPS) is 16.8. The van der Waals surface area contributed by atoms with Crippen LogP contribution in [0, 0.1) is 0 Å². The SMILES string of the molecule is CC(C)(C)Nc1ncnc(NC2CCCC2)c1N. The number of hydrogen-bond donors (Lipinski definition) is 3. The van der Waals surface area contributed by atoms with E-state index in [-0.39, 0.29) is 5.54 Å². The monoisotopic (exact) mass is 249 g/mol. The first-order valence-electron chi connectivity index (χ1n) is 6.61. The van der Waals surface area contributed by atoms with Crippen LogP contribution in [0.2, 0.25) is 0 Å². The summed E-state index contributed by atoms with van der Waals surface area (Å²) in [4.78, 5) is 8.46. The van der Waals surface area contributed by atoms with Crippen molar-refractivity contribution in [1.82, 2.24) is 9.97 Å². The van der Waals surface area contributed by atoms with Crippen LogP contribution in [0.25, 0.3) is 0 Å². The number of rotatable bonds is 3. The molecule has 1 fully saturated rings. The lowest BCUT2D eigenvalue weighted by molar-refractivity contribution is 0.630. The summed E-state index contributed by atoms with van der Waals surface area (Å²) >= 11 is 0. The van der Waals surface area contributed by atoms with E-state index in [1.165, 1.54) is 25.7 Å². The van der Waals surface area contributed by atoms with Gasteiger partial charge in [-0.1, -0.05) is 12.8 Å². The Labute approximate surface area is 109 Å². The van der Waals surface area contributed by atoms with Crippen LogP contribution in [0.3, 0.4) is 0 Å². The minimum Gasteiger partial charge on any atom is -0.393 e.